The fourth-order valence-electron chi connectivity index (χ4n) is 4.21. The summed E-state index contributed by atoms with van der Waals surface area (Å²) in [5, 5.41) is 0. The van der Waals surface area contributed by atoms with E-state index in [1.807, 2.05) is 0 Å². The normalized spacial score (nSPS) is 13.0. The summed E-state index contributed by atoms with van der Waals surface area (Å²) in [6, 6.07) is 0. The van der Waals surface area contributed by atoms with Crippen LogP contribution < -0.4 is 0 Å². The van der Waals surface area contributed by atoms with Crippen molar-refractivity contribution in [3.8, 4) is 0 Å². The molecule has 0 unspecified atom stereocenters. The molecule has 0 aliphatic rings. The molecule has 35 heavy (non-hydrogen) atoms. The van der Waals surface area contributed by atoms with Gasteiger partial charge in [-0.3, -0.25) is 0 Å². The Morgan fingerprint density at radius 1 is 0.457 bits per heavy atom. The number of hydrogen-bond acceptors (Lipinski definition) is 2. The Morgan fingerprint density at radius 3 is 1.09 bits per heavy atom. The molecule has 212 valence electrons. The van der Waals surface area contributed by atoms with E-state index < -0.39 is 44.4 Å². The monoisotopic (exact) mass is 628 g/mol. The number of unbranched alkanes of at least 4 members (excludes halogenated alkanes) is 12. The Kier molecular flexibility index (Phi) is 21.4. The molecule has 0 saturated carbocycles. The van der Waals surface area contributed by atoms with Crippen molar-refractivity contribution < 1.29 is 32.5 Å². The minimum atomic E-state index is -4.28. The van der Waals surface area contributed by atoms with Crippen LogP contribution in [-0.4, -0.2) is 44.8 Å². The van der Waals surface area contributed by atoms with Crippen molar-refractivity contribution in [1.29, 1.82) is 0 Å². The molecule has 0 aliphatic heterocycles. The van der Waals surface area contributed by atoms with Gasteiger partial charge in [0.1, 0.15) is 0 Å². The Hall–Kier alpha value is 0.299. The average Bonchev–Trinajstić information content (AvgIpc) is 2.75. The molecule has 0 heterocycles. The molecule has 0 bridgehead atoms. The summed E-state index contributed by atoms with van der Waals surface area (Å²) in [4.78, 5) is 0. The van der Waals surface area contributed by atoms with Crippen LogP contribution in [0.25, 0.3) is 0 Å². The fraction of sp³-hybridized carbons (Fsp3) is 1.00. The van der Waals surface area contributed by atoms with Crippen molar-refractivity contribution in [1.82, 2.24) is 0 Å². The Bertz CT molecular complexity index is 430. The predicted octanol–water partition coefficient (Wildman–Crippen LogP) is 10.6. The topological polar surface area (TPSA) is 18.5 Å². The van der Waals surface area contributed by atoms with Crippen LogP contribution in [-0.2, 0) is 6.15 Å². The summed E-state index contributed by atoms with van der Waals surface area (Å²) in [5.74, 6) is 0. The molecular weight excluding hydrogens is 577 g/mol. The molecule has 0 aliphatic carbocycles. The van der Waals surface area contributed by atoms with Gasteiger partial charge in [-0.15, -0.1) is 0 Å². The van der Waals surface area contributed by atoms with Crippen molar-refractivity contribution in [3.63, 3.8) is 0 Å². The molecule has 0 aromatic heterocycles. The molecule has 0 atom stereocenters. The van der Waals surface area contributed by atoms with Gasteiger partial charge in [0.2, 0.25) is 0 Å². The van der Waals surface area contributed by atoms with Gasteiger partial charge in [0, 0.05) is 0 Å². The SMILES string of the molecule is CCCCCCCCC[O][Sn]([CH2]CCC(F)(F)F)([CH2]CCC(F)(F)F)[O]CCCCCCCCC. The van der Waals surface area contributed by atoms with Crippen LogP contribution in [0, 0.1) is 0 Å². The van der Waals surface area contributed by atoms with E-state index >= 15 is 0 Å². The maximum absolute atomic E-state index is 12.8. The van der Waals surface area contributed by atoms with Crippen LogP contribution in [0.15, 0.2) is 0 Å². The zero-order chi connectivity index (χ0) is 26.5. The molecule has 2 nitrogen and oxygen atoms in total. The Labute approximate surface area is 215 Å². The van der Waals surface area contributed by atoms with Crippen molar-refractivity contribution >= 4 is 19.2 Å². The van der Waals surface area contributed by atoms with Gasteiger partial charge < -0.3 is 0 Å². The first kappa shape index (κ1) is 35.3. The molecule has 0 saturated heterocycles. The number of hydrogen-bond donors (Lipinski definition) is 0. The third-order valence-electron chi connectivity index (χ3n) is 6.26. The molecular formula is C26H50F6O2Sn. The summed E-state index contributed by atoms with van der Waals surface area (Å²) in [5.41, 5.74) is 0. The van der Waals surface area contributed by atoms with Crippen LogP contribution >= 0.6 is 0 Å². The van der Waals surface area contributed by atoms with Gasteiger partial charge in [0.05, 0.1) is 0 Å². The van der Waals surface area contributed by atoms with Gasteiger partial charge in [-0.25, -0.2) is 0 Å². The van der Waals surface area contributed by atoms with Crippen molar-refractivity contribution in [2.45, 2.75) is 151 Å². The second-order valence-electron chi connectivity index (χ2n) is 9.79. The van der Waals surface area contributed by atoms with E-state index in [0.29, 0.717) is 13.2 Å². The van der Waals surface area contributed by atoms with Crippen LogP contribution in [0.2, 0.25) is 8.87 Å². The molecule has 0 rings (SSSR count). The van der Waals surface area contributed by atoms with E-state index in [9.17, 15) is 26.3 Å². The summed E-state index contributed by atoms with van der Waals surface area (Å²) in [6.45, 7) is 5.09. The van der Waals surface area contributed by atoms with Crippen molar-refractivity contribution in [2.75, 3.05) is 13.2 Å². The summed E-state index contributed by atoms with van der Waals surface area (Å²) < 4.78 is 89.5. The molecule has 0 fully saturated rings. The standard InChI is InChI=1S/2C9H19O.2C4H6F3.Sn/c2*1-2-3-4-5-6-7-8-9-10;2*1-2-3-4(5,6)7;/h2*2-9H2,1H3;2*1-3H2;/q2*-1;;;+2. The summed E-state index contributed by atoms with van der Waals surface area (Å²) in [6.07, 6.45) is 4.41. The van der Waals surface area contributed by atoms with Gasteiger partial charge in [-0.05, 0) is 0 Å². The van der Waals surface area contributed by atoms with E-state index in [-0.39, 0.29) is 21.7 Å². The third-order valence-corrected chi connectivity index (χ3v) is 16.8. The average molecular weight is 627 g/mol. The van der Waals surface area contributed by atoms with E-state index in [0.717, 1.165) is 51.4 Å². The number of halogens is 6. The number of alkyl halides is 6. The number of rotatable bonds is 24. The molecule has 0 spiro atoms. The summed E-state index contributed by atoms with van der Waals surface area (Å²) in [7, 11) is 0. The van der Waals surface area contributed by atoms with Crippen LogP contribution in [0.1, 0.15) is 129 Å². The first-order valence-corrected chi connectivity index (χ1v) is 20.3. The third kappa shape index (κ3) is 24.4. The van der Waals surface area contributed by atoms with Gasteiger partial charge in [0.25, 0.3) is 0 Å². The second kappa shape index (κ2) is 21.3. The minimum absolute atomic E-state index is 0.125. The van der Waals surface area contributed by atoms with Gasteiger partial charge in [0.15, 0.2) is 0 Å². The first-order valence-electron chi connectivity index (χ1n) is 13.9. The molecule has 9 heteroatoms. The maximum atomic E-state index is 12.8. The second-order valence-corrected chi connectivity index (χ2v) is 19.5. The quantitative estimate of drug-likeness (QED) is 0.0603. The van der Waals surface area contributed by atoms with E-state index in [1.54, 1.807) is 0 Å². The molecule has 0 aromatic carbocycles. The van der Waals surface area contributed by atoms with E-state index in [2.05, 4.69) is 13.8 Å². The zero-order valence-corrected chi connectivity index (χ0v) is 25.0. The molecule has 0 radical (unpaired) electrons. The van der Waals surface area contributed by atoms with Crippen LogP contribution in [0.5, 0.6) is 0 Å². The van der Waals surface area contributed by atoms with Crippen LogP contribution in [0.3, 0.4) is 0 Å². The molecule has 0 aromatic rings. The van der Waals surface area contributed by atoms with Crippen LogP contribution in [0.4, 0.5) is 26.3 Å². The Balaban J connectivity index is 4.87. The zero-order valence-electron chi connectivity index (χ0n) is 22.1. The first-order chi connectivity index (χ1) is 16.5. The fourth-order valence-corrected chi connectivity index (χ4v) is 13.8. The molecule has 0 N–H and O–H groups in total. The van der Waals surface area contributed by atoms with Crippen molar-refractivity contribution in [2.24, 2.45) is 0 Å². The van der Waals surface area contributed by atoms with Gasteiger partial charge >= 0.3 is 216 Å². The van der Waals surface area contributed by atoms with E-state index in [4.69, 9.17) is 6.15 Å². The van der Waals surface area contributed by atoms with Gasteiger partial charge in [-0.1, -0.05) is 0 Å². The van der Waals surface area contributed by atoms with Gasteiger partial charge in [-0.2, -0.15) is 0 Å². The Morgan fingerprint density at radius 2 is 0.771 bits per heavy atom. The van der Waals surface area contributed by atoms with Crippen molar-refractivity contribution in [3.05, 3.63) is 0 Å². The summed E-state index contributed by atoms with van der Waals surface area (Å²) >= 11 is -4.07. The van der Waals surface area contributed by atoms with E-state index in [1.165, 1.54) is 38.5 Å². The molecule has 0 amide bonds. The predicted molar refractivity (Wildman–Crippen MR) is 134 cm³/mol.